The van der Waals surface area contributed by atoms with Crippen molar-refractivity contribution in [2.45, 2.75) is 26.2 Å². The van der Waals surface area contributed by atoms with E-state index in [0.717, 1.165) is 25.9 Å². The first kappa shape index (κ1) is 15.9. The van der Waals surface area contributed by atoms with Crippen molar-refractivity contribution in [3.63, 3.8) is 0 Å². The predicted octanol–water partition coefficient (Wildman–Crippen LogP) is 4.15. The van der Waals surface area contributed by atoms with Crippen molar-refractivity contribution in [2.75, 3.05) is 13.1 Å². The molecule has 1 aromatic carbocycles. The fourth-order valence-electron chi connectivity index (χ4n) is 3.23. The van der Waals surface area contributed by atoms with Crippen LogP contribution in [0.25, 0.3) is 0 Å². The molecule has 1 aliphatic rings. The van der Waals surface area contributed by atoms with Gasteiger partial charge in [-0.15, -0.1) is 0 Å². The molecule has 1 atom stereocenters. The molecule has 0 bridgehead atoms. The Kier molecular flexibility index (Phi) is 4.91. The van der Waals surface area contributed by atoms with Gasteiger partial charge in [0.05, 0.1) is 5.56 Å². The summed E-state index contributed by atoms with van der Waals surface area (Å²) in [4.78, 5) is 17.6. The third-order valence-corrected chi connectivity index (χ3v) is 4.84. The van der Waals surface area contributed by atoms with Gasteiger partial charge in [-0.3, -0.25) is 4.79 Å². The molecule has 1 aliphatic heterocycles. The Labute approximate surface area is 142 Å². The molecule has 0 aliphatic carbocycles. The number of carbonyl (C=O) groups is 1. The number of amides is 1. The van der Waals surface area contributed by atoms with Gasteiger partial charge in [0.15, 0.2) is 0 Å². The van der Waals surface area contributed by atoms with E-state index < -0.39 is 0 Å². The molecule has 120 valence electrons. The van der Waals surface area contributed by atoms with Crippen LogP contribution in [0.3, 0.4) is 0 Å². The van der Waals surface area contributed by atoms with E-state index in [1.165, 1.54) is 17.5 Å². The van der Waals surface area contributed by atoms with Crippen molar-refractivity contribution in [2.24, 2.45) is 5.92 Å². The van der Waals surface area contributed by atoms with Crippen LogP contribution in [0.1, 0.15) is 34.3 Å². The Bertz CT molecular complexity index is 736. The quantitative estimate of drug-likeness (QED) is 0.860. The van der Waals surface area contributed by atoms with Crippen LogP contribution >= 0.6 is 12.2 Å². The molecule has 3 nitrogen and oxygen atoms in total. The minimum atomic E-state index is 0.0560. The maximum Gasteiger partial charge on any atom is 0.256 e. The zero-order valence-corrected chi connectivity index (χ0v) is 14.2. The minimum absolute atomic E-state index is 0.0560. The molecular weight excluding hydrogens is 304 g/mol. The van der Waals surface area contributed by atoms with Crippen LogP contribution < -0.4 is 0 Å². The maximum absolute atomic E-state index is 12.7. The summed E-state index contributed by atoms with van der Waals surface area (Å²) in [6, 6.07) is 12.4. The summed E-state index contributed by atoms with van der Waals surface area (Å²) in [5.74, 6) is 0.581. The van der Waals surface area contributed by atoms with Crippen LogP contribution in [0.15, 0.2) is 42.6 Å². The third kappa shape index (κ3) is 3.88. The molecular formula is C19H22N2OS. The van der Waals surface area contributed by atoms with Crippen LogP contribution in [0.4, 0.5) is 0 Å². The minimum Gasteiger partial charge on any atom is -0.352 e. The SMILES string of the molecule is Cc1ccc(C[C@@H]2CCCN(C(=O)c3ccc[nH]c3=S)C2)cc1. The highest BCUT2D eigenvalue weighted by Gasteiger charge is 2.25. The smallest absolute Gasteiger partial charge is 0.256 e. The summed E-state index contributed by atoms with van der Waals surface area (Å²) in [5, 5.41) is 0. The Morgan fingerprint density at radius 1 is 1.30 bits per heavy atom. The first-order chi connectivity index (χ1) is 11.1. The van der Waals surface area contributed by atoms with Crippen molar-refractivity contribution >= 4 is 18.1 Å². The molecule has 4 heteroatoms. The molecule has 1 fully saturated rings. The van der Waals surface area contributed by atoms with Gasteiger partial charge in [-0.25, -0.2) is 0 Å². The van der Waals surface area contributed by atoms with Gasteiger partial charge in [-0.2, -0.15) is 0 Å². The van der Waals surface area contributed by atoms with Crippen molar-refractivity contribution < 1.29 is 4.79 Å². The fraction of sp³-hybridized carbons (Fsp3) is 0.368. The highest BCUT2D eigenvalue weighted by Crippen LogP contribution is 2.22. The largest absolute Gasteiger partial charge is 0.352 e. The number of nitrogens with one attached hydrogen (secondary N) is 1. The number of hydrogen-bond donors (Lipinski definition) is 1. The molecule has 1 saturated heterocycles. The van der Waals surface area contributed by atoms with Crippen LogP contribution in [0, 0.1) is 17.5 Å². The standard InChI is InChI=1S/C19H22N2OS/c1-14-6-8-15(9-7-14)12-16-4-3-11-21(13-16)19(22)17-5-2-10-20-18(17)23/h2,5-10,16H,3-4,11-13H2,1H3,(H,20,23)/t16-/m0/s1. The number of likely N-dealkylation sites (tertiary alicyclic amines) is 1. The lowest BCUT2D eigenvalue weighted by atomic mass is 9.91. The Hall–Kier alpha value is -1.94. The number of aryl methyl sites for hydroxylation is 1. The number of nitrogens with zero attached hydrogens (tertiary/aromatic N) is 1. The fourth-order valence-corrected chi connectivity index (χ4v) is 3.46. The summed E-state index contributed by atoms with van der Waals surface area (Å²) in [6.07, 6.45) is 5.03. The average molecular weight is 326 g/mol. The molecule has 0 spiro atoms. The van der Waals surface area contributed by atoms with Crippen LogP contribution in [-0.2, 0) is 6.42 Å². The molecule has 1 aromatic heterocycles. The van der Waals surface area contributed by atoms with E-state index in [2.05, 4.69) is 36.2 Å². The molecule has 0 unspecified atom stereocenters. The van der Waals surface area contributed by atoms with Gasteiger partial charge in [-0.1, -0.05) is 42.0 Å². The number of carbonyl (C=O) groups excluding carboxylic acids is 1. The van der Waals surface area contributed by atoms with Crippen molar-refractivity contribution in [3.05, 3.63) is 63.9 Å². The summed E-state index contributed by atoms with van der Waals surface area (Å²) in [5.41, 5.74) is 3.25. The molecule has 2 heterocycles. The van der Waals surface area contributed by atoms with Gasteiger partial charge in [-0.05, 0) is 49.8 Å². The molecule has 1 N–H and O–H groups in total. The van der Waals surface area contributed by atoms with E-state index in [-0.39, 0.29) is 5.91 Å². The van der Waals surface area contributed by atoms with Crippen LogP contribution in [-0.4, -0.2) is 28.9 Å². The zero-order chi connectivity index (χ0) is 16.2. The molecule has 23 heavy (non-hydrogen) atoms. The van der Waals surface area contributed by atoms with E-state index in [1.807, 2.05) is 17.0 Å². The lowest BCUT2D eigenvalue weighted by Crippen LogP contribution is -2.40. The van der Waals surface area contributed by atoms with Crippen molar-refractivity contribution in [3.8, 4) is 0 Å². The van der Waals surface area contributed by atoms with Gasteiger partial charge >= 0.3 is 0 Å². The van der Waals surface area contributed by atoms with E-state index in [1.54, 1.807) is 6.20 Å². The maximum atomic E-state index is 12.7. The van der Waals surface area contributed by atoms with E-state index in [0.29, 0.717) is 16.1 Å². The van der Waals surface area contributed by atoms with Gasteiger partial charge in [0.1, 0.15) is 4.64 Å². The predicted molar refractivity (Wildman–Crippen MR) is 95.1 cm³/mol. The van der Waals surface area contributed by atoms with E-state index in [9.17, 15) is 4.79 Å². The average Bonchev–Trinajstić information content (AvgIpc) is 2.57. The van der Waals surface area contributed by atoms with Crippen LogP contribution in [0.2, 0.25) is 0 Å². The topological polar surface area (TPSA) is 36.1 Å². The number of rotatable bonds is 3. The van der Waals surface area contributed by atoms with Gasteiger partial charge < -0.3 is 9.88 Å². The lowest BCUT2D eigenvalue weighted by Gasteiger charge is -2.33. The molecule has 2 aromatic rings. The van der Waals surface area contributed by atoms with Gasteiger partial charge in [0, 0.05) is 19.3 Å². The van der Waals surface area contributed by atoms with Gasteiger partial charge in [0.25, 0.3) is 5.91 Å². The Morgan fingerprint density at radius 3 is 2.83 bits per heavy atom. The summed E-state index contributed by atoms with van der Waals surface area (Å²) in [6.45, 7) is 3.75. The number of H-pyrrole nitrogens is 1. The number of aromatic amines is 1. The second-order valence-electron chi connectivity index (χ2n) is 6.36. The first-order valence-electron chi connectivity index (χ1n) is 8.16. The summed E-state index contributed by atoms with van der Waals surface area (Å²) >= 11 is 5.24. The monoisotopic (exact) mass is 326 g/mol. The summed E-state index contributed by atoms with van der Waals surface area (Å²) in [7, 11) is 0. The number of pyridine rings is 1. The number of piperidine rings is 1. The first-order valence-corrected chi connectivity index (χ1v) is 8.57. The van der Waals surface area contributed by atoms with Crippen molar-refractivity contribution in [1.29, 1.82) is 0 Å². The summed E-state index contributed by atoms with van der Waals surface area (Å²) < 4.78 is 0.526. The van der Waals surface area contributed by atoms with E-state index in [4.69, 9.17) is 12.2 Å². The highest BCUT2D eigenvalue weighted by atomic mass is 32.1. The van der Waals surface area contributed by atoms with Crippen LogP contribution in [0.5, 0.6) is 0 Å². The van der Waals surface area contributed by atoms with E-state index >= 15 is 0 Å². The number of aromatic nitrogens is 1. The molecule has 0 saturated carbocycles. The molecule has 0 radical (unpaired) electrons. The Balaban J connectivity index is 1.68. The Morgan fingerprint density at radius 2 is 2.09 bits per heavy atom. The molecule has 1 amide bonds. The number of benzene rings is 1. The molecule has 3 rings (SSSR count). The highest BCUT2D eigenvalue weighted by molar-refractivity contribution is 7.71. The number of hydrogen-bond acceptors (Lipinski definition) is 2. The third-order valence-electron chi connectivity index (χ3n) is 4.50. The lowest BCUT2D eigenvalue weighted by molar-refractivity contribution is 0.0672. The zero-order valence-electron chi connectivity index (χ0n) is 13.4. The second-order valence-corrected chi connectivity index (χ2v) is 6.77. The van der Waals surface area contributed by atoms with Gasteiger partial charge in [0.2, 0.25) is 0 Å². The normalized spacial score (nSPS) is 18.0. The second kappa shape index (κ2) is 7.09. The van der Waals surface area contributed by atoms with Crippen molar-refractivity contribution in [1.82, 2.24) is 9.88 Å².